The van der Waals surface area contributed by atoms with Crippen molar-refractivity contribution in [2.45, 2.75) is 32.1 Å². The maximum Gasteiger partial charge on any atom is 0.0474 e. The van der Waals surface area contributed by atoms with E-state index in [4.69, 9.17) is 11.6 Å². The molecule has 16 heavy (non-hydrogen) atoms. The molecule has 1 nitrogen and oxygen atoms in total. The van der Waals surface area contributed by atoms with Gasteiger partial charge in [0, 0.05) is 24.7 Å². The summed E-state index contributed by atoms with van der Waals surface area (Å²) in [5, 5.41) is 0. The summed E-state index contributed by atoms with van der Waals surface area (Å²) in [4.78, 5) is 2.50. The Morgan fingerprint density at radius 1 is 1.31 bits per heavy atom. The first-order valence-electron chi connectivity index (χ1n) is 6.23. The van der Waals surface area contributed by atoms with Crippen molar-refractivity contribution in [3.63, 3.8) is 0 Å². The van der Waals surface area contributed by atoms with Gasteiger partial charge in [-0.1, -0.05) is 25.5 Å². The van der Waals surface area contributed by atoms with E-state index in [0.717, 1.165) is 5.92 Å². The van der Waals surface area contributed by atoms with Crippen LogP contribution in [0.3, 0.4) is 0 Å². The minimum absolute atomic E-state index is 0.610. The second kappa shape index (κ2) is 5.58. The topological polar surface area (TPSA) is 3.24 Å². The first kappa shape index (κ1) is 11.8. The third-order valence-corrected chi connectivity index (χ3v) is 3.75. The summed E-state index contributed by atoms with van der Waals surface area (Å²) in [7, 11) is 0. The van der Waals surface area contributed by atoms with Gasteiger partial charge in [0.2, 0.25) is 0 Å². The summed E-state index contributed by atoms with van der Waals surface area (Å²) < 4.78 is 0. The van der Waals surface area contributed by atoms with Gasteiger partial charge < -0.3 is 4.90 Å². The molecule has 1 atom stereocenters. The van der Waals surface area contributed by atoms with E-state index in [1.54, 1.807) is 0 Å². The fourth-order valence-electron chi connectivity index (χ4n) is 2.51. The molecule has 1 aromatic carbocycles. The summed E-state index contributed by atoms with van der Waals surface area (Å²) in [6, 6.07) is 8.67. The van der Waals surface area contributed by atoms with Gasteiger partial charge in [0.05, 0.1) is 0 Å². The number of anilines is 1. The van der Waals surface area contributed by atoms with Crippen LogP contribution in [0.2, 0.25) is 0 Å². The van der Waals surface area contributed by atoms with Crippen LogP contribution in [0.25, 0.3) is 0 Å². The highest BCUT2D eigenvalue weighted by Gasteiger charge is 2.21. The lowest BCUT2D eigenvalue weighted by Crippen LogP contribution is -2.19. The van der Waals surface area contributed by atoms with Crippen LogP contribution in [0.15, 0.2) is 24.3 Å². The van der Waals surface area contributed by atoms with Crippen LogP contribution < -0.4 is 4.90 Å². The first-order chi connectivity index (χ1) is 7.83. The van der Waals surface area contributed by atoms with Crippen molar-refractivity contribution in [3.8, 4) is 0 Å². The van der Waals surface area contributed by atoms with E-state index >= 15 is 0 Å². The van der Waals surface area contributed by atoms with Gasteiger partial charge in [0.25, 0.3) is 0 Å². The van der Waals surface area contributed by atoms with Crippen LogP contribution in [0, 0.1) is 5.92 Å². The molecule has 0 N–H and O–H groups in total. The molecule has 0 aromatic heterocycles. The molecule has 2 rings (SSSR count). The van der Waals surface area contributed by atoms with E-state index in [1.807, 2.05) is 0 Å². The lowest BCUT2D eigenvalue weighted by Gasteiger charge is -2.18. The molecular weight excluding hydrogens is 218 g/mol. The van der Waals surface area contributed by atoms with Crippen molar-refractivity contribution in [2.75, 3.05) is 18.0 Å². The van der Waals surface area contributed by atoms with E-state index in [-0.39, 0.29) is 0 Å². The minimum Gasteiger partial charge on any atom is -0.371 e. The molecule has 1 saturated heterocycles. The largest absolute Gasteiger partial charge is 0.371 e. The highest BCUT2D eigenvalue weighted by Crippen LogP contribution is 2.26. The zero-order chi connectivity index (χ0) is 11.4. The SMILES string of the molecule is CCCC1CCN(c2ccc(CCl)cc2)C1. The Bertz CT molecular complexity index is 320. The van der Waals surface area contributed by atoms with Crippen molar-refractivity contribution >= 4 is 17.3 Å². The smallest absolute Gasteiger partial charge is 0.0474 e. The van der Waals surface area contributed by atoms with Crippen molar-refractivity contribution < 1.29 is 0 Å². The first-order valence-corrected chi connectivity index (χ1v) is 6.76. The fourth-order valence-corrected chi connectivity index (χ4v) is 2.69. The molecule has 0 saturated carbocycles. The minimum atomic E-state index is 0.610. The van der Waals surface area contributed by atoms with E-state index in [0.29, 0.717) is 5.88 Å². The predicted octanol–water partition coefficient (Wildman–Crippen LogP) is 4.05. The quantitative estimate of drug-likeness (QED) is 0.714. The highest BCUT2D eigenvalue weighted by molar-refractivity contribution is 6.17. The van der Waals surface area contributed by atoms with Gasteiger partial charge >= 0.3 is 0 Å². The molecule has 1 aliphatic rings. The van der Waals surface area contributed by atoms with Crippen LogP contribution in [0.1, 0.15) is 31.7 Å². The molecular formula is C14H20ClN. The summed E-state index contributed by atoms with van der Waals surface area (Å²) in [5.41, 5.74) is 2.56. The van der Waals surface area contributed by atoms with Crippen LogP contribution >= 0.6 is 11.6 Å². The second-order valence-corrected chi connectivity index (χ2v) is 4.96. The third-order valence-electron chi connectivity index (χ3n) is 3.44. The average Bonchev–Trinajstić information content (AvgIpc) is 2.78. The van der Waals surface area contributed by atoms with Crippen molar-refractivity contribution in [3.05, 3.63) is 29.8 Å². The maximum absolute atomic E-state index is 5.79. The maximum atomic E-state index is 5.79. The molecule has 2 heteroatoms. The molecule has 0 spiro atoms. The molecule has 0 aliphatic carbocycles. The summed E-state index contributed by atoms with van der Waals surface area (Å²) in [5.74, 6) is 1.51. The lowest BCUT2D eigenvalue weighted by atomic mass is 10.0. The molecule has 1 aliphatic heterocycles. The molecule has 1 unspecified atom stereocenters. The number of hydrogen-bond acceptors (Lipinski definition) is 1. The Hall–Kier alpha value is -0.690. The number of halogens is 1. The van der Waals surface area contributed by atoms with Gasteiger partial charge in [-0.2, -0.15) is 0 Å². The predicted molar refractivity (Wildman–Crippen MR) is 71.2 cm³/mol. The number of nitrogens with zero attached hydrogens (tertiary/aromatic N) is 1. The normalized spacial score (nSPS) is 20.4. The Morgan fingerprint density at radius 3 is 2.69 bits per heavy atom. The number of benzene rings is 1. The van der Waals surface area contributed by atoms with E-state index in [2.05, 4.69) is 36.1 Å². The van der Waals surface area contributed by atoms with E-state index in [1.165, 1.54) is 43.6 Å². The molecule has 0 amide bonds. The summed E-state index contributed by atoms with van der Waals surface area (Å²) >= 11 is 5.79. The third kappa shape index (κ3) is 2.70. The van der Waals surface area contributed by atoms with Crippen molar-refractivity contribution in [2.24, 2.45) is 5.92 Å². The number of alkyl halides is 1. The Kier molecular flexibility index (Phi) is 4.11. The van der Waals surface area contributed by atoms with Gasteiger partial charge in [-0.15, -0.1) is 11.6 Å². The summed E-state index contributed by atoms with van der Waals surface area (Å²) in [6.07, 6.45) is 4.03. The molecule has 0 bridgehead atoms. The highest BCUT2D eigenvalue weighted by atomic mass is 35.5. The Morgan fingerprint density at radius 2 is 2.06 bits per heavy atom. The van der Waals surface area contributed by atoms with Crippen molar-refractivity contribution in [1.82, 2.24) is 0 Å². The lowest BCUT2D eigenvalue weighted by molar-refractivity contribution is 0.530. The van der Waals surface area contributed by atoms with E-state index < -0.39 is 0 Å². The fraction of sp³-hybridized carbons (Fsp3) is 0.571. The number of rotatable bonds is 4. The molecule has 1 aromatic rings. The monoisotopic (exact) mass is 237 g/mol. The number of hydrogen-bond donors (Lipinski definition) is 0. The summed E-state index contributed by atoms with van der Waals surface area (Å²) in [6.45, 7) is 4.72. The Balaban J connectivity index is 1.97. The van der Waals surface area contributed by atoms with Gasteiger partial charge in [-0.3, -0.25) is 0 Å². The zero-order valence-electron chi connectivity index (χ0n) is 9.95. The Labute approximate surface area is 103 Å². The zero-order valence-corrected chi connectivity index (χ0v) is 10.7. The van der Waals surface area contributed by atoms with Crippen LogP contribution in [-0.4, -0.2) is 13.1 Å². The van der Waals surface area contributed by atoms with Gasteiger partial charge in [0.15, 0.2) is 0 Å². The molecule has 1 fully saturated rings. The van der Waals surface area contributed by atoms with Crippen molar-refractivity contribution in [1.29, 1.82) is 0 Å². The average molecular weight is 238 g/mol. The van der Waals surface area contributed by atoms with Gasteiger partial charge in [-0.25, -0.2) is 0 Å². The van der Waals surface area contributed by atoms with Crippen LogP contribution in [0.4, 0.5) is 5.69 Å². The van der Waals surface area contributed by atoms with Gasteiger partial charge in [0.1, 0.15) is 0 Å². The van der Waals surface area contributed by atoms with Crippen LogP contribution in [0.5, 0.6) is 0 Å². The molecule has 1 heterocycles. The molecule has 0 radical (unpaired) electrons. The molecule has 88 valence electrons. The standard InChI is InChI=1S/C14H20ClN/c1-2-3-13-8-9-16(11-13)14-6-4-12(10-15)5-7-14/h4-7,13H,2-3,8-11H2,1H3. The second-order valence-electron chi connectivity index (χ2n) is 4.69. The van der Waals surface area contributed by atoms with E-state index in [9.17, 15) is 0 Å². The van der Waals surface area contributed by atoms with Crippen LogP contribution in [-0.2, 0) is 5.88 Å². The van der Waals surface area contributed by atoms with Gasteiger partial charge in [-0.05, 0) is 36.5 Å².